The van der Waals surface area contributed by atoms with Crippen molar-refractivity contribution in [1.82, 2.24) is 0 Å². The van der Waals surface area contributed by atoms with Gasteiger partial charge in [-0.1, -0.05) is 75.3 Å². The van der Waals surface area contributed by atoms with Gasteiger partial charge in [-0.2, -0.15) is 0 Å². The van der Waals surface area contributed by atoms with Crippen molar-refractivity contribution in [2.45, 2.75) is 120 Å². The molecule has 49 heavy (non-hydrogen) atoms. The second-order valence-corrected chi connectivity index (χ2v) is 14.9. The summed E-state index contributed by atoms with van der Waals surface area (Å²) in [5.74, 6) is 1.09. The van der Waals surface area contributed by atoms with Gasteiger partial charge in [0.05, 0.1) is 18.4 Å². The third kappa shape index (κ3) is 8.70. The van der Waals surface area contributed by atoms with E-state index in [1.807, 2.05) is 6.07 Å². The van der Waals surface area contributed by atoms with Gasteiger partial charge in [-0.3, -0.25) is 14.7 Å². The molecule has 0 amide bonds. The highest BCUT2D eigenvalue weighted by molar-refractivity contribution is 5.90. The third-order valence-electron chi connectivity index (χ3n) is 11.3. The van der Waals surface area contributed by atoms with Crippen LogP contribution in [0.3, 0.4) is 0 Å². The van der Waals surface area contributed by atoms with E-state index in [4.69, 9.17) is 21.2 Å². The second-order valence-electron chi connectivity index (χ2n) is 14.9. The molecule has 0 spiro atoms. The van der Waals surface area contributed by atoms with Gasteiger partial charge < -0.3 is 31.5 Å². The molecule has 4 aliphatic rings. The van der Waals surface area contributed by atoms with Gasteiger partial charge in [0.1, 0.15) is 24.2 Å². The zero-order valence-corrected chi connectivity index (χ0v) is 28.8. The predicted octanol–water partition coefficient (Wildman–Crippen LogP) is 4.64. The molecule has 3 atom stereocenters. The normalized spacial score (nSPS) is 21.7. The molecule has 0 radical (unpaired) electrons. The Kier molecular flexibility index (Phi) is 11.7. The van der Waals surface area contributed by atoms with Crippen LogP contribution in [0.25, 0.3) is 0 Å². The second kappa shape index (κ2) is 16.1. The van der Waals surface area contributed by atoms with Gasteiger partial charge >= 0.3 is 0 Å². The van der Waals surface area contributed by atoms with Crippen LogP contribution in [0, 0.1) is 5.92 Å². The largest absolute Gasteiger partial charge is 0.504 e. The maximum atomic E-state index is 12.7. The van der Waals surface area contributed by atoms with Crippen molar-refractivity contribution in [2.75, 3.05) is 13.3 Å². The van der Waals surface area contributed by atoms with E-state index in [2.05, 4.69) is 30.6 Å². The van der Waals surface area contributed by atoms with E-state index < -0.39 is 18.4 Å². The van der Waals surface area contributed by atoms with Crippen molar-refractivity contribution >= 4 is 12.0 Å². The lowest BCUT2D eigenvalue weighted by atomic mass is 9.71. The number of quaternary nitrogens is 1. The highest BCUT2D eigenvalue weighted by Crippen LogP contribution is 2.49. The van der Waals surface area contributed by atoms with Gasteiger partial charge in [-0.25, -0.2) is 0 Å². The van der Waals surface area contributed by atoms with Crippen molar-refractivity contribution in [3.63, 3.8) is 0 Å². The zero-order chi connectivity index (χ0) is 34.4. The molecule has 264 valence electrons. The summed E-state index contributed by atoms with van der Waals surface area (Å²) in [6.07, 6.45) is 15.8. The van der Waals surface area contributed by atoms with E-state index in [1.54, 1.807) is 18.2 Å². The molecule has 2 fully saturated rings. The lowest BCUT2D eigenvalue weighted by Gasteiger charge is -2.32. The Morgan fingerprint density at radius 3 is 2.59 bits per heavy atom. The average Bonchev–Trinajstić information content (AvgIpc) is 3.84. The zero-order valence-electron chi connectivity index (χ0n) is 28.8. The summed E-state index contributed by atoms with van der Waals surface area (Å²) in [5, 5.41) is 31.4. The molecular weight excluding hydrogens is 616 g/mol. The maximum Gasteiger partial charge on any atom is 0.227 e. The monoisotopic (exact) mass is 671 g/mol. The van der Waals surface area contributed by atoms with Crippen molar-refractivity contribution in [3.05, 3.63) is 82.2 Å². The van der Waals surface area contributed by atoms with E-state index in [1.165, 1.54) is 48.8 Å². The number of phenolic OH excluding ortho intramolecular Hbond substituents is 1. The van der Waals surface area contributed by atoms with Crippen LogP contribution in [0.1, 0.15) is 113 Å². The first-order valence-corrected chi connectivity index (χ1v) is 18.5. The maximum absolute atomic E-state index is 12.7. The molecule has 2 heterocycles. The number of allylic oxidation sites excluding steroid dienone is 1. The van der Waals surface area contributed by atoms with Gasteiger partial charge in [0.15, 0.2) is 11.5 Å². The summed E-state index contributed by atoms with van der Waals surface area (Å²) in [4.78, 5) is 18.6. The number of benzene rings is 2. The van der Waals surface area contributed by atoms with Gasteiger partial charge in [0.2, 0.25) is 6.73 Å². The standard InChI is InChI=1S/C40H54N4O5/c41-39(42)29-9-6-10-30(20-29)40(17-4-5-18-40)35-23-43-36-25-44(24-34(35)36)26-49-38-19-28(13-16-37(38)48)12-15-32(46)22-33(47)21-31(45)14-11-27-7-2-1-3-8-27/h6,9-10,13,16,19-20,23,25,27,31,33,39,45,47-48H,1-5,7-8,11-12,14-15,17-18,21-22,24,26,41-42H2/p+1. The number of Topliss-reactive ketones (excluding diaryl/α,β-unsaturated/α-hetero) is 1. The Balaban J connectivity index is 1.00. The number of nitrogens with one attached hydrogen (secondary N) is 1. The molecule has 0 saturated heterocycles. The topological polar surface area (TPSA) is 156 Å². The molecule has 2 aliphatic carbocycles. The van der Waals surface area contributed by atoms with Crippen molar-refractivity contribution in [2.24, 2.45) is 22.4 Å². The van der Waals surface area contributed by atoms with Gasteiger partial charge in [-0.15, -0.1) is 0 Å². The summed E-state index contributed by atoms with van der Waals surface area (Å²) in [6.45, 7) is 1.07. The van der Waals surface area contributed by atoms with Gasteiger partial charge in [0.25, 0.3) is 0 Å². The van der Waals surface area contributed by atoms with Gasteiger partial charge in [-0.05, 0) is 78.8 Å². The minimum Gasteiger partial charge on any atom is -0.504 e. The predicted molar refractivity (Wildman–Crippen MR) is 191 cm³/mol. The number of aliphatic imine (C=N–C) groups is 1. The Hall–Kier alpha value is -3.34. The number of ether oxygens (including phenoxy) is 1. The first kappa shape index (κ1) is 35.5. The average molecular weight is 672 g/mol. The molecule has 6 rings (SSSR count). The van der Waals surface area contributed by atoms with E-state index in [0.717, 1.165) is 60.4 Å². The number of carbonyl (C=O) groups is 1. The molecule has 2 aromatic carbocycles. The van der Waals surface area contributed by atoms with Crippen LogP contribution >= 0.6 is 0 Å². The minimum absolute atomic E-state index is 0.0375. The van der Waals surface area contributed by atoms with E-state index in [9.17, 15) is 20.1 Å². The van der Waals surface area contributed by atoms with Crippen LogP contribution in [0.2, 0.25) is 0 Å². The molecule has 9 nitrogen and oxygen atoms in total. The smallest absolute Gasteiger partial charge is 0.227 e. The number of ketones is 1. The van der Waals surface area contributed by atoms with Crippen molar-refractivity contribution < 1.29 is 29.8 Å². The molecule has 9 heteroatoms. The Labute approximate surface area is 290 Å². The van der Waals surface area contributed by atoms with Gasteiger partial charge in [0, 0.05) is 30.0 Å². The third-order valence-corrected chi connectivity index (χ3v) is 11.3. The van der Waals surface area contributed by atoms with Crippen LogP contribution in [0.4, 0.5) is 0 Å². The molecule has 2 aromatic rings. The number of aliphatic hydroxyl groups excluding tert-OH is 2. The number of hydrogen-bond acceptors (Lipinski definition) is 8. The van der Waals surface area contributed by atoms with Crippen LogP contribution < -0.4 is 21.1 Å². The number of nitrogens with zero attached hydrogens (tertiary/aromatic N) is 1. The molecule has 2 aliphatic heterocycles. The summed E-state index contributed by atoms with van der Waals surface area (Å²) < 4.78 is 6.13. The number of nitrogens with two attached hydrogens (primary N) is 2. The Bertz CT molecular complexity index is 1550. The molecule has 0 bridgehead atoms. The fraction of sp³-hybridized carbons (Fsp3) is 0.550. The quantitative estimate of drug-likeness (QED) is 0.142. The van der Waals surface area contributed by atoms with Crippen LogP contribution in [-0.4, -0.2) is 52.8 Å². The molecule has 2 saturated carbocycles. The van der Waals surface area contributed by atoms with Crippen LogP contribution in [0.5, 0.6) is 11.5 Å². The summed E-state index contributed by atoms with van der Waals surface area (Å²) >= 11 is 0. The van der Waals surface area contributed by atoms with Crippen LogP contribution in [0.15, 0.2) is 70.5 Å². The lowest BCUT2D eigenvalue weighted by molar-refractivity contribution is -0.855. The number of aryl methyl sites for hydroxylation is 1. The number of aromatic hydroxyl groups is 1. The fourth-order valence-corrected chi connectivity index (χ4v) is 8.52. The Morgan fingerprint density at radius 1 is 1.02 bits per heavy atom. The van der Waals surface area contributed by atoms with E-state index in [0.29, 0.717) is 31.2 Å². The number of fused-ring (bicyclic) bond motifs is 1. The highest BCUT2D eigenvalue weighted by atomic mass is 16.5. The fourth-order valence-electron chi connectivity index (χ4n) is 8.52. The summed E-state index contributed by atoms with van der Waals surface area (Å²) in [7, 11) is 0. The summed E-state index contributed by atoms with van der Waals surface area (Å²) in [5.41, 5.74) is 18.5. The molecule has 0 aromatic heterocycles. The number of phenols is 1. The SMILES string of the molecule is NC(N)c1cccc(C2(C3=C4C[NH+](COc5cc(CCC(=O)CC(O)CC(O)CCC6CCCCC6)ccc5O)C=C4N=C3)CCCC2)c1. The highest BCUT2D eigenvalue weighted by Gasteiger charge is 2.44. The molecular formula is C40H55N4O5+. The molecule has 3 unspecified atom stereocenters. The first-order chi connectivity index (χ1) is 23.7. The number of rotatable bonds is 16. The Morgan fingerprint density at radius 2 is 1.82 bits per heavy atom. The first-order valence-electron chi connectivity index (χ1n) is 18.5. The van der Waals surface area contributed by atoms with Crippen molar-refractivity contribution in [1.29, 1.82) is 0 Å². The number of aliphatic hydroxyl groups is 2. The minimum atomic E-state index is -0.831. The summed E-state index contributed by atoms with van der Waals surface area (Å²) in [6, 6.07) is 13.6. The molecule has 8 N–H and O–H groups in total. The van der Waals surface area contributed by atoms with E-state index >= 15 is 0 Å². The lowest BCUT2D eigenvalue weighted by Crippen LogP contribution is -3.07. The number of carbonyl (C=O) groups excluding carboxylic acids is 1. The number of hydrogen-bond donors (Lipinski definition) is 6. The van der Waals surface area contributed by atoms with Crippen LogP contribution in [-0.2, 0) is 16.6 Å². The van der Waals surface area contributed by atoms with Crippen molar-refractivity contribution in [3.8, 4) is 11.5 Å². The van der Waals surface area contributed by atoms with E-state index in [-0.39, 0.29) is 36.2 Å².